The number of hydrogen-bond acceptors (Lipinski definition) is 4. The summed E-state index contributed by atoms with van der Waals surface area (Å²) >= 11 is 1.18. The smallest absolute Gasteiger partial charge is 0.308 e. The van der Waals surface area contributed by atoms with Gasteiger partial charge in [-0.05, 0) is 25.2 Å². The van der Waals surface area contributed by atoms with Crippen molar-refractivity contribution in [3.05, 3.63) is 33.9 Å². The van der Waals surface area contributed by atoms with Crippen molar-refractivity contribution in [1.29, 1.82) is 0 Å². The second-order valence-corrected chi connectivity index (χ2v) is 5.79. The minimum atomic E-state index is -0.118. The summed E-state index contributed by atoms with van der Waals surface area (Å²) in [6.07, 6.45) is 0. The maximum absolute atomic E-state index is 12.0. The first-order valence-electron chi connectivity index (χ1n) is 7.23. The number of likely N-dealkylation sites (N-methyl/N-ethyl adjacent to an activating group) is 1. The van der Waals surface area contributed by atoms with E-state index >= 15 is 0 Å². The van der Waals surface area contributed by atoms with Gasteiger partial charge in [-0.2, -0.15) is 0 Å². The highest BCUT2D eigenvalue weighted by atomic mass is 32.1. The molecule has 0 saturated carbocycles. The number of rotatable bonds is 7. The van der Waals surface area contributed by atoms with Crippen molar-refractivity contribution in [3.8, 4) is 0 Å². The Balaban J connectivity index is 1.96. The number of amides is 1. The molecule has 1 aromatic carbocycles. The molecule has 0 fully saturated rings. The lowest BCUT2D eigenvalue weighted by Gasteiger charge is -2.17. The van der Waals surface area contributed by atoms with Gasteiger partial charge in [0.2, 0.25) is 5.91 Å². The summed E-state index contributed by atoms with van der Waals surface area (Å²) in [5.41, 5.74) is 0.825. The Morgan fingerprint density at radius 3 is 2.71 bits per heavy atom. The number of carbonyl (C=O) groups is 1. The molecule has 2 rings (SSSR count). The molecule has 6 heteroatoms. The molecule has 1 N–H and O–H groups in total. The van der Waals surface area contributed by atoms with Crippen LogP contribution in [0.5, 0.6) is 0 Å². The highest BCUT2D eigenvalue weighted by Gasteiger charge is 2.10. The quantitative estimate of drug-likeness (QED) is 0.844. The lowest BCUT2D eigenvalue weighted by atomic mass is 10.3. The number of fused-ring (bicyclic) bond motifs is 1. The first kappa shape index (κ1) is 15.7. The Hall–Kier alpha value is -1.66. The van der Waals surface area contributed by atoms with Crippen LogP contribution in [0.3, 0.4) is 0 Å². The summed E-state index contributed by atoms with van der Waals surface area (Å²) in [6.45, 7) is 7.67. The third-order valence-corrected chi connectivity index (χ3v) is 4.48. The van der Waals surface area contributed by atoms with Gasteiger partial charge in [0, 0.05) is 13.1 Å². The van der Waals surface area contributed by atoms with E-state index in [1.165, 1.54) is 15.9 Å². The van der Waals surface area contributed by atoms with Crippen LogP contribution < -0.4 is 10.2 Å². The zero-order valence-corrected chi connectivity index (χ0v) is 13.3. The van der Waals surface area contributed by atoms with Gasteiger partial charge in [0.15, 0.2) is 0 Å². The van der Waals surface area contributed by atoms with Crippen LogP contribution in [0.15, 0.2) is 29.1 Å². The van der Waals surface area contributed by atoms with E-state index in [-0.39, 0.29) is 17.3 Å². The lowest BCUT2D eigenvalue weighted by molar-refractivity contribution is -0.121. The van der Waals surface area contributed by atoms with Gasteiger partial charge in [0.25, 0.3) is 0 Å². The Morgan fingerprint density at radius 1 is 1.29 bits per heavy atom. The van der Waals surface area contributed by atoms with E-state index in [4.69, 9.17) is 0 Å². The molecule has 0 aliphatic rings. The molecule has 0 radical (unpaired) electrons. The SMILES string of the molecule is CCN(CC)CCNC(=O)Cn1c(=O)sc2ccccc21. The molecule has 0 unspecified atom stereocenters. The summed E-state index contributed by atoms with van der Waals surface area (Å²) in [7, 11) is 0. The molecule has 0 bridgehead atoms. The van der Waals surface area contributed by atoms with Crippen molar-refractivity contribution in [2.24, 2.45) is 0 Å². The number of thiazole rings is 1. The average molecular weight is 307 g/mol. The monoisotopic (exact) mass is 307 g/mol. The number of carbonyl (C=O) groups excluding carboxylic acids is 1. The molecule has 0 saturated heterocycles. The second kappa shape index (κ2) is 7.38. The summed E-state index contributed by atoms with van der Waals surface area (Å²) in [5.74, 6) is -0.118. The van der Waals surface area contributed by atoms with E-state index in [1.54, 1.807) is 0 Å². The maximum Gasteiger partial charge on any atom is 0.308 e. The van der Waals surface area contributed by atoms with E-state index in [9.17, 15) is 9.59 Å². The Bertz CT molecular complexity index is 658. The number of nitrogens with zero attached hydrogens (tertiary/aromatic N) is 2. The summed E-state index contributed by atoms with van der Waals surface area (Å²) in [4.78, 5) is 26.1. The fraction of sp³-hybridized carbons (Fsp3) is 0.467. The van der Waals surface area contributed by atoms with E-state index in [0.717, 1.165) is 29.9 Å². The molecule has 0 atom stereocenters. The van der Waals surface area contributed by atoms with E-state index in [2.05, 4.69) is 24.1 Å². The molecule has 0 aliphatic heterocycles. The van der Waals surface area contributed by atoms with Crippen LogP contribution in [0.4, 0.5) is 0 Å². The van der Waals surface area contributed by atoms with Crippen molar-refractivity contribution in [2.45, 2.75) is 20.4 Å². The fourth-order valence-corrected chi connectivity index (χ4v) is 3.15. The van der Waals surface area contributed by atoms with Gasteiger partial charge in [-0.25, -0.2) is 0 Å². The minimum absolute atomic E-state index is 0.0844. The number of nitrogens with one attached hydrogen (secondary N) is 1. The number of hydrogen-bond donors (Lipinski definition) is 1. The number of aromatic nitrogens is 1. The van der Waals surface area contributed by atoms with Crippen LogP contribution in [0.25, 0.3) is 10.2 Å². The molecular weight excluding hydrogens is 286 g/mol. The number of benzene rings is 1. The third kappa shape index (κ3) is 3.92. The van der Waals surface area contributed by atoms with Gasteiger partial charge in [-0.1, -0.05) is 37.3 Å². The predicted molar refractivity (Wildman–Crippen MR) is 86.9 cm³/mol. The molecule has 21 heavy (non-hydrogen) atoms. The van der Waals surface area contributed by atoms with Gasteiger partial charge in [-0.15, -0.1) is 0 Å². The van der Waals surface area contributed by atoms with Crippen LogP contribution in [0.2, 0.25) is 0 Å². The zero-order chi connectivity index (χ0) is 15.2. The molecule has 0 spiro atoms. The van der Waals surface area contributed by atoms with Crippen LogP contribution in [-0.4, -0.2) is 41.6 Å². The summed E-state index contributed by atoms with van der Waals surface area (Å²) < 4.78 is 2.45. The van der Waals surface area contributed by atoms with Crippen molar-refractivity contribution in [3.63, 3.8) is 0 Å². The molecule has 2 aromatic rings. The van der Waals surface area contributed by atoms with E-state index in [0.29, 0.717) is 6.54 Å². The summed E-state index contributed by atoms with van der Waals surface area (Å²) in [6, 6.07) is 7.54. The largest absolute Gasteiger partial charge is 0.353 e. The topological polar surface area (TPSA) is 54.3 Å². The molecular formula is C15H21N3O2S. The Kier molecular flexibility index (Phi) is 5.52. The van der Waals surface area contributed by atoms with Crippen LogP contribution >= 0.6 is 11.3 Å². The molecule has 114 valence electrons. The fourth-order valence-electron chi connectivity index (χ4n) is 2.26. The van der Waals surface area contributed by atoms with Gasteiger partial charge in [0.05, 0.1) is 10.2 Å². The first-order chi connectivity index (χ1) is 10.2. The predicted octanol–water partition coefficient (Wildman–Crippen LogP) is 1.52. The van der Waals surface area contributed by atoms with Crippen LogP contribution in [0.1, 0.15) is 13.8 Å². The van der Waals surface area contributed by atoms with Gasteiger partial charge in [-0.3, -0.25) is 14.2 Å². The standard InChI is InChI=1S/C15H21N3O2S/c1-3-17(4-2)10-9-16-14(19)11-18-12-7-5-6-8-13(12)21-15(18)20/h5-8H,3-4,9-11H2,1-2H3,(H,16,19). The number of para-hydroxylation sites is 1. The Morgan fingerprint density at radius 2 is 2.00 bits per heavy atom. The zero-order valence-electron chi connectivity index (χ0n) is 12.5. The molecule has 5 nitrogen and oxygen atoms in total. The maximum atomic E-state index is 12.0. The molecule has 1 heterocycles. The van der Waals surface area contributed by atoms with Gasteiger partial charge >= 0.3 is 4.87 Å². The van der Waals surface area contributed by atoms with Crippen molar-refractivity contribution in [1.82, 2.24) is 14.8 Å². The van der Waals surface area contributed by atoms with Gasteiger partial charge in [0.1, 0.15) is 6.54 Å². The minimum Gasteiger partial charge on any atom is -0.353 e. The van der Waals surface area contributed by atoms with Crippen LogP contribution in [-0.2, 0) is 11.3 Å². The normalized spacial score (nSPS) is 11.2. The van der Waals surface area contributed by atoms with Crippen molar-refractivity contribution >= 4 is 27.5 Å². The van der Waals surface area contributed by atoms with E-state index < -0.39 is 0 Å². The third-order valence-electron chi connectivity index (χ3n) is 3.52. The first-order valence-corrected chi connectivity index (χ1v) is 8.04. The van der Waals surface area contributed by atoms with Gasteiger partial charge < -0.3 is 10.2 Å². The second-order valence-electron chi connectivity index (χ2n) is 4.80. The molecule has 0 aliphatic carbocycles. The Labute approximate surface area is 128 Å². The molecule has 1 aromatic heterocycles. The highest BCUT2D eigenvalue weighted by Crippen LogP contribution is 2.15. The van der Waals surface area contributed by atoms with Crippen molar-refractivity contribution in [2.75, 3.05) is 26.2 Å². The average Bonchev–Trinajstić information content (AvgIpc) is 2.80. The summed E-state index contributed by atoms with van der Waals surface area (Å²) in [5, 5.41) is 2.88. The highest BCUT2D eigenvalue weighted by molar-refractivity contribution is 7.16. The van der Waals surface area contributed by atoms with E-state index in [1.807, 2.05) is 24.3 Å². The molecule has 1 amide bonds. The lowest BCUT2D eigenvalue weighted by Crippen LogP contribution is -2.37. The van der Waals surface area contributed by atoms with Crippen molar-refractivity contribution < 1.29 is 4.79 Å². The van der Waals surface area contributed by atoms with Crippen LogP contribution in [0, 0.1) is 0 Å².